The Bertz CT molecular complexity index is 805. The molecule has 0 aromatic carbocycles. The standard InChI is InChI=1S/C44H81NO4/c1-3-5-7-9-11-13-15-16-17-18-19-20-21-22-23-24-25-26-28-30-32-34-36-38-43(48)42(40-46)45-44(49)39-41(47)37-35-33-31-29-27-14-12-10-8-6-4-2/h23-24,28-31,36,38,41-43,46-48H,3-22,25-27,32-35,37,39-40H2,1-2H3,(H,45,49)/b24-23+,30-28+,31-29-,38-36+. The van der Waals surface area contributed by atoms with Crippen molar-refractivity contribution < 1.29 is 20.1 Å². The first kappa shape index (κ1) is 47.3. The Morgan fingerprint density at radius 2 is 0.878 bits per heavy atom. The van der Waals surface area contributed by atoms with Gasteiger partial charge in [-0.05, 0) is 70.6 Å². The number of carbonyl (C=O) groups excluding carboxylic acids is 1. The van der Waals surface area contributed by atoms with E-state index >= 15 is 0 Å². The minimum atomic E-state index is -0.966. The molecule has 5 nitrogen and oxygen atoms in total. The van der Waals surface area contributed by atoms with Gasteiger partial charge in [0.2, 0.25) is 5.91 Å². The zero-order valence-corrected chi connectivity index (χ0v) is 32.3. The van der Waals surface area contributed by atoms with Gasteiger partial charge in [0.25, 0.3) is 0 Å². The number of amides is 1. The summed E-state index contributed by atoms with van der Waals surface area (Å²) >= 11 is 0. The number of aliphatic hydroxyl groups excluding tert-OH is 3. The maximum absolute atomic E-state index is 12.4. The molecule has 1 amide bonds. The molecule has 0 radical (unpaired) electrons. The molecule has 0 saturated heterocycles. The number of nitrogens with one attached hydrogen (secondary N) is 1. The van der Waals surface area contributed by atoms with Gasteiger partial charge in [0.1, 0.15) is 0 Å². The average Bonchev–Trinajstić information content (AvgIpc) is 3.09. The Morgan fingerprint density at radius 1 is 0.510 bits per heavy atom. The fourth-order valence-corrected chi connectivity index (χ4v) is 6.08. The Kier molecular flexibility index (Phi) is 37.8. The molecule has 0 bridgehead atoms. The van der Waals surface area contributed by atoms with Crippen molar-refractivity contribution in [3.05, 3.63) is 48.6 Å². The molecule has 49 heavy (non-hydrogen) atoms. The van der Waals surface area contributed by atoms with Crippen LogP contribution in [-0.4, -0.2) is 46.1 Å². The molecule has 0 aliphatic carbocycles. The summed E-state index contributed by atoms with van der Waals surface area (Å²) in [5, 5.41) is 33.0. The highest BCUT2D eigenvalue weighted by molar-refractivity contribution is 5.76. The third-order valence-electron chi connectivity index (χ3n) is 9.32. The van der Waals surface area contributed by atoms with Crippen LogP contribution in [0.2, 0.25) is 0 Å². The van der Waals surface area contributed by atoms with Crippen molar-refractivity contribution >= 4 is 5.91 Å². The van der Waals surface area contributed by atoms with Gasteiger partial charge in [0.15, 0.2) is 0 Å². The Morgan fingerprint density at radius 3 is 1.31 bits per heavy atom. The van der Waals surface area contributed by atoms with E-state index in [4.69, 9.17) is 0 Å². The molecule has 0 aliphatic rings. The van der Waals surface area contributed by atoms with Crippen LogP contribution in [0.3, 0.4) is 0 Å². The van der Waals surface area contributed by atoms with Crippen molar-refractivity contribution in [2.45, 2.75) is 218 Å². The van der Waals surface area contributed by atoms with E-state index in [1.54, 1.807) is 6.08 Å². The molecule has 4 N–H and O–H groups in total. The summed E-state index contributed by atoms with van der Waals surface area (Å²) in [5.74, 6) is -0.348. The van der Waals surface area contributed by atoms with E-state index in [1.165, 1.54) is 128 Å². The van der Waals surface area contributed by atoms with Gasteiger partial charge in [-0.2, -0.15) is 0 Å². The third kappa shape index (κ3) is 35.9. The number of unbranched alkanes of at least 4 members (excludes halogenated alkanes) is 22. The molecule has 0 aromatic heterocycles. The quantitative estimate of drug-likeness (QED) is 0.0386. The van der Waals surface area contributed by atoms with E-state index in [2.05, 4.69) is 55.6 Å². The van der Waals surface area contributed by atoms with Crippen LogP contribution in [0.1, 0.15) is 200 Å². The summed E-state index contributed by atoms with van der Waals surface area (Å²) < 4.78 is 0. The molecule has 0 fully saturated rings. The largest absolute Gasteiger partial charge is 0.394 e. The van der Waals surface area contributed by atoms with Crippen LogP contribution in [0.5, 0.6) is 0 Å². The molecule has 0 rings (SSSR count). The van der Waals surface area contributed by atoms with Gasteiger partial charge in [0, 0.05) is 0 Å². The first-order chi connectivity index (χ1) is 24.0. The second-order valence-corrected chi connectivity index (χ2v) is 14.2. The van der Waals surface area contributed by atoms with Crippen LogP contribution in [0.4, 0.5) is 0 Å². The lowest BCUT2D eigenvalue weighted by Gasteiger charge is -2.20. The van der Waals surface area contributed by atoms with Gasteiger partial charge in [-0.1, -0.05) is 172 Å². The zero-order valence-electron chi connectivity index (χ0n) is 32.3. The van der Waals surface area contributed by atoms with Gasteiger partial charge in [-0.25, -0.2) is 0 Å². The van der Waals surface area contributed by atoms with Crippen molar-refractivity contribution in [1.82, 2.24) is 5.32 Å². The molecule has 286 valence electrons. The van der Waals surface area contributed by atoms with E-state index in [0.29, 0.717) is 6.42 Å². The highest BCUT2D eigenvalue weighted by atomic mass is 16.3. The van der Waals surface area contributed by atoms with Crippen LogP contribution < -0.4 is 5.32 Å². The molecule has 5 heteroatoms. The number of aliphatic hydroxyl groups is 3. The van der Waals surface area contributed by atoms with Crippen molar-refractivity contribution in [2.24, 2.45) is 0 Å². The topological polar surface area (TPSA) is 89.8 Å². The number of hydrogen-bond donors (Lipinski definition) is 4. The molecule has 0 saturated carbocycles. The smallest absolute Gasteiger partial charge is 0.222 e. The van der Waals surface area contributed by atoms with Gasteiger partial charge in [-0.15, -0.1) is 0 Å². The fraction of sp³-hybridized carbons (Fsp3) is 0.795. The lowest BCUT2D eigenvalue weighted by molar-refractivity contribution is -0.124. The van der Waals surface area contributed by atoms with Crippen molar-refractivity contribution in [2.75, 3.05) is 6.61 Å². The van der Waals surface area contributed by atoms with Crippen LogP contribution in [0.15, 0.2) is 48.6 Å². The number of carbonyl (C=O) groups is 1. The molecule has 0 aliphatic heterocycles. The average molecular weight is 688 g/mol. The Hall–Kier alpha value is -1.69. The Labute approximate surface area is 304 Å². The van der Waals surface area contributed by atoms with Crippen molar-refractivity contribution in [1.29, 1.82) is 0 Å². The number of allylic oxidation sites excluding steroid dienone is 7. The first-order valence-corrected chi connectivity index (χ1v) is 20.9. The maximum atomic E-state index is 12.4. The van der Waals surface area contributed by atoms with Crippen LogP contribution in [0, 0.1) is 0 Å². The summed E-state index contributed by atoms with van der Waals surface area (Å²) in [6, 6.07) is -0.775. The number of hydrogen-bond acceptors (Lipinski definition) is 4. The van der Waals surface area contributed by atoms with Crippen LogP contribution >= 0.6 is 0 Å². The van der Waals surface area contributed by atoms with Gasteiger partial charge in [0.05, 0.1) is 31.3 Å². The number of rotatable bonds is 37. The van der Waals surface area contributed by atoms with Gasteiger partial charge >= 0.3 is 0 Å². The van der Waals surface area contributed by atoms with Gasteiger partial charge in [-0.3, -0.25) is 4.79 Å². The van der Waals surface area contributed by atoms with E-state index in [-0.39, 0.29) is 18.9 Å². The summed E-state index contributed by atoms with van der Waals surface area (Å²) in [7, 11) is 0. The second-order valence-electron chi connectivity index (χ2n) is 14.2. The molecular weight excluding hydrogens is 606 g/mol. The van der Waals surface area contributed by atoms with E-state index < -0.39 is 18.2 Å². The van der Waals surface area contributed by atoms with E-state index in [1.807, 2.05) is 6.08 Å². The molecule has 3 atom stereocenters. The minimum absolute atomic E-state index is 0.0200. The second kappa shape index (κ2) is 39.1. The van der Waals surface area contributed by atoms with Gasteiger partial charge < -0.3 is 20.6 Å². The molecule has 0 heterocycles. The monoisotopic (exact) mass is 688 g/mol. The van der Waals surface area contributed by atoms with E-state index in [9.17, 15) is 20.1 Å². The predicted molar refractivity (Wildman–Crippen MR) is 213 cm³/mol. The van der Waals surface area contributed by atoms with Crippen LogP contribution in [-0.2, 0) is 4.79 Å². The summed E-state index contributed by atoms with van der Waals surface area (Å²) in [4.78, 5) is 12.4. The summed E-state index contributed by atoms with van der Waals surface area (Å²) in [5.41, 5.74) is 0. The third-order valence-corrected chi connectivity index (χ3v) is 9.32. The highest BCUT2D eigenvalue weighted by Crippen LogP contribution is 2.14. The first-order valence-electron chi connectivity index (χ1n) is 20.9. The highest BCUT2D eigenvalue weighted by Gasteiger charge is 2.20. The van der Waals surface area contributed by atoms with Crippen LogP contribution in [0.25, 0.3) is 0 Å². The fourth-order valence-electron chi connectivity index (χ4n) is 6.08. The minimum Gasteiger partial charge on any atom is -0.394 e. The molecule has 0 spiro atoms. The summed E-state index contributed by atoms with van der Waals surface area (Å²) in [6.07, 6.45) is 49.7. The van der Waals surface area contributed by atoms with Crippen molar-refractivity contribution in [3.8, 4) is 0 Å². The van der Waals surface area contributed by atoms with Crippen molar-refractivity contribution in [3.63, 3.8) is 0 Å². The molecule has 0 aromatic rings. The lowest BCUT2D eigenvalue weighted by Crippen LogP contribution is -2.45. The predicted octanol–water partition coefficient (Wildman–Crippen LogP) is 11.8. The molecule has 3 unspecified atom stereocenters. The summed E-state index contributed by atoms with van der Waals surface area (Å²) in [6.45, 7) is 4.16. The molecular formula is C44H81NO4. The lowest BCUT2D eigenvalue weighted by atomic mass is 10.0. The normalized spacial score (nSPS) is 14.1. The maximum Gasteiger partial charge on any atom is 0.222 e. The zero-order chi connectivity index (χ0) is 35.9. The SMILES string of the molecule is CCCCCCCC/C=C\CCCC(O)CC(=O)NC(CO)C(O)/C=C/CC/C=C/CC/C=C/CCCCCCCCCCCCCCC. The van der Waals surface area contributed by atoms with E-state index in [0.717, 1.165) is 44.9 Å². The Balaban J connectivity index is 3.77.